The summed E-state index contributed by atoms with van der Waals surface area (Å²) in [4.78, 5) is 0. The predicted molar refractivity (Wildman–Crippen MR) is 68.0 cm³/mol. The molecule has 0 aromatic heterocycles. The van der Waals surface area contributed by atoms with Gasteiger partial charge < -0.3 is 9.84 Å². The van der Waals surface area contributed by atoms with E-state index in [1.54, 1.807) is 13.8 Å². The van der Waals surface area contributed by atoms with Crippen LogP contribution in [0.25, 0.3) is 0 Å². The Morgan fingerprint density at radius 2 is 2.25 bits per heavy atom. The summed E-state index contributed by atoms with van der Waals surface area (Å²) in [6, 6.07) is 7.75. The highest BCUT2D eigenvalue weighted by Gasteiger charge is 2.19. The van der Waals surface area contributed by atoms with E-state index in [-0.39, 0.29) is 0 Å². The molecule has 2 nitrogen and oxygen atoms in total. The highest BCUT2D eigenvalue weighted by atomic mass is 32.2. The van der Waals surface area contributed by atoms with Crippen molar-refractivity contribution in [3.05, 3.63) is 29.8 Å². The summed E-state index contributed by atoms with van der Waals surface area (Å²) in [5.41, 5.74) is 0.0970. The molecular formula is C13H18O2S. The van der Waals surface area contributed by atoms with Gasteiger partial charge in [-0.1, -0.05) is 12.1 Å². The minimum atomic E-state index is -0.802. The molecule has 1 heterocycles. The van der Waals surface area contributed by atoms with Gasteiger partial charge in [0.1, 0.15) is 11.9 Å². The van der Waals surface area contributed by atoms with Crippen LogP contribution in [0.4, 0.5) is 0 Å². The van der Waals surface area contributed by atoms with E-state index >= 15 is 0 Å². The summed E-state index contributed by atoms with van der Waals surface area (Å²) in [6.07, 6.45) is 1.46. The van der Waals surface area contributed by atoms with Crippen molar-refractivity contribution >= 4 is 11.8 Å². The zero-order chi connectivity index (χ0) is 11.6. The molecule has 16 heavy (non-hydrogen) atoms. The van der Waals surface area contributed by atoms with E-state index < -0.39 is 5.60 Å². The van der Waals surface area contributed by atoms with Gasteiger partial charge in [0.25, 0.3) is 0 Å². The van der Waals surface area contributed by atoms with Crippen LogP contribution in [0.3, 0.4) is 0 Å². The van der Waals surface area contributed by atoms with Crippen LogP contribution in [0.1, 0.15) is 25.8 Å². The maximum atomic E-state index is 9.91. The third-order valence-corrected chi connectivity index (χ3v) is 3.86. The smallest absolute Gasteiger partial charge is 0.120 e. The summed E-state index contributed by atoms with van der Waals surface area (Å²) >= 11 is 1.94. The second kappa shape index (κ2) is 4.68. The maximum Gasteiger partial charge on any atom is 0.120 e. The van der Waals surface area contributed by atoms with Crippen molar-refractivity contribution in [3.63, 3.8) is 0 Å². The zero-order valence-corrected chi connectivity index (χ0v) is 10.6. The third kappa shape index (κ3) is 2.92. The number of hydrogen-bond acceptors (Lipinski definition) is 3. The molecule has 1 saturated heterocycles. The van der Waals surface area contributed by atoms with E-state index in [2.05, 4.69) is 0 Å². The van der Waals surface area contributed by atoms with Crippen LogP contribution < -0.4 is 4.74 Å². The molecule has 1 N–H and O–H groups in total. The van der Waals surface area contributed by atoms with Crippen molar-refractivity contribution in [1.29, 1.82) is 0 Å². The summed E-state index contributed by atoms with van der Waals surface area (Å²) < 4.78 is 5.88. The zero-order valence-electron chi connectivity index (χ0n) is 9.77. The highest BCUT2D eigenvalue weighted by molar-refractivity contribution is 7.99. The maximum absolute atomic E-state index is 9.91. The lowest BCUT2D eigenvalue weighted by Gasteiger charge is -2.19. The third-order valence-electron chi connectivity index (χ3n) is 2.73. The summed E-state index contributed by atoms with van der Waals surface area (Å²) in [5.74, 6) is 3.13. The Hall–Kier alpha value is -0.670. The molecule has 1 aliphatic rings. The molecule has 1 fully saturated rings. The van der Waals surface area contributed by atoms with Gasteiger partial charge in [-0.05, 0) is 43.7 Å². The summed E-state index contributed by atoms with van der Waals surface area (Å²) in [7, 11) is 0. The van der Waals surface area contributed by atoms with Crippen LogP contribution in [-0.4, -0.2) is 22.7 Å². The SMILES string of the molecule is CC(C)(O)c1cccc(OC2CCSC2)c1. The molecule has 88 valence electrons. The van der Waals surface area contributed by atoms with Crippen LogP contribution in [0.15, 0.2) is 24.3 Å². The van der Waals surface area contributed by atoms with Gasteiger partial charge in [-0.25, -0.2) is 0 Å². The van der Waals surface area contributed by atoms with Crippen molar-refractivity contribution in [2.75, 3.05) is 11.5 Å². The van der Waals surface area contributed by atoms with E-state index in [0.29, 0.717) is 6.10 Å². The van der Waals surface area contributed by atoms with E-state index in [1.165, 1.54) is 5.75 Å². The average molecular weight is 238 g/mol. The molecule has 1 atom stereocenters. The number of rotatable bonds is 3. The Labute approximate surface area is 101 Å². The Morgan fingerprint density at radius 3 is 2.88 bits per heavy atom. The number of hydrogen-bond donors (Lipinski definition) is 1. The second-order valence-electron chi connectivity index (χ2n) is 4.69. The van der Waals surface area contributed by atoms with Gasteiger partial charge in [0, 0.05) is 5.75 Å². The van der Waals surface area contributed by atoms with Crippen molar-refractivity contribution < 1.29 is 9.84 Å². The monoisotopic (exact) mass is 238 g/mol. The van der Waals surface area contributed by atoms with Crippen LogP contribution in [-0.2, 0) is 5.60 Å². The van der Waals surface area contributed by atoms with E-state index in [4.69, 9.17) is 4.74 Å². The molecule has 1 aromatic carbocycles. The van der Waals surface area contributed by atoms with Crippen LogP contribution >= 0.6 is 11.8 Å². The minimum absolute atomic E-state index is 0.335. The quantitative estimate of drug-likeness (QED) is 0.878. The fourth-order valence-corrected chi connectivity index (χ4v) is 2.84. The van der Waals surface area contributed by atoms with Gasteiger partial charge >= 0.3 is 0 Å². The topological polar surface area (TPSA) is 29.5 Å². The fraction of sp³-hybridized carbons (Fsp3) is 0.538. The normalized spacial score (nSPS) is 21.1. The van der Waals surface area contributed by atoms with Crippen LogP contribution in [0.5, 0.6) is 5.75 Å². The summed E-state index contributed by atoms with van der Waals surface area (Å²) in [6.45, 7) is 3.58. The molecule has 0 amide bonds. The van der Waals surface area contributed by atoms with Crippen molar-refractivity contribution in [3.8, 4) is 5.75 Å². The Kier molecular flexibility index (Phi) is 3.45. The van der Waals surface area contributed by atoms with Crippen molar-refractivity contribution in [1.82, 2.24) is 0 Å². The Morgan fingerprint density at radius 1 is 1.44 bits per heavy atom. The number of aliphatic hydroxyl groups is 1. The molecule has 1 aliphatic heterocycles. The minimum Gasteiger partial charge on any atom is -0.490 e. The van der Waals surface area contributed by atoms with Gasteiger partial charge in [0.15, 0.2) is 0 Å². The second-order valence-corrected chi connectivity index (χ2v) is 5.84. The fourth-order valence-electron chi connectivity index (χ4n) is 1.75. The van der Waals surface area contributed by atoms with Crippen LogP contribution in [0, 0.1) is 0 Å². The first-order valence-electron chi connectivity index (χ1n) is 5.63. The molecule has 3 heteroatoms. The Bertz CT molecular complexity index is 351. The lowest BCUT2D eigenvalue weighted by molar-refractivity contribution is 0.0780. The van der Waals surface area contributed by atoms with E-state index in [0.717, 1.165) is 23.5 Å². The number of benzene rings is 1. The number of ether oxygens (including phenoxy) is 1. The van der Waals surface area contributed by atoms with E-state index in [1.807, 2.05) is 36.0 Å². The highest BCUT2D eigenvalue weighted by Crippen LogP contribution is 2.27. The van der Waals surface area contributed by atoms with Gasteiger partial charge in [-0.15, -0.1) is 0 Å². The largest absolute Gasteiger partial charge is 0.490 e. The first-order valence-corrected chi connectivity index (χ1v) is 6.78. The van der Waals surface area contributed by atoms with Crippen LogP contribution in [0.2, 0.25) is 0 Å². The number of thioether (sulfide) groups is 1. The molecule has 0 saturated carbocycles. The standard InChI is InChI=1S/C13H18O2S/c1-13(2,14)10-4-3-5-11(8-10)15-12-6-7-16-9-12/h3-5,8,12,14H,6-7,9H2,1-2H3. The molecule has 0 aliphatic carbocycles. The molecule has 0 spiro atoms. The predicted octanol–water partition coefficient (Wildman–Crippen LogP) is 2.80. The molecule has 2 rings (SSSR count). The van der Waals surface area contributed by atoms with Gasteiger partial charge in [-0.2, -0.15) is 11.8 Å². The van der Waals surface area contributed by atoms with Gasteiger partial charge in [0.2, 0.25) is 0 Å². The molecule has 1 unspecified atom stereocenters. The van der Waals surface area contributed by atoms with Crippen molar-refractivity contribution in [2.45, 2.75) is 32.0 Å². The molecule has 1 aromatic rings. The van der Waals surface area contributed by atoms with Gasteiger partial charge in [-0.3, -0.25) is 0 Å². The lowest BCUT2D eigenvalue weighted by Crippen LogP contribution is -2.17. The molecular weight excluding hydrogens is 220 g/mol. The Balaban J connectivity index is 2.09. The lowest BCUT2D eigenvalue weighted by atomic mass is 9.98. The van der Waals surface area contributed by atoms with Crippen molar-refractivity contribution in [2.24, 2.45) is 0 Å². The molecule has 0 bridgehead atoms. The average Bonchev–Trinajstić information content (AvgIpc) is 2.70. The van der Waals surface area contributed by atoms with E-state index in [9.17, 15) is 5.11 Å². The molecule has 0 radical (unpaired) electrons. The summed E-state index contributed by atoms with van der Waals surface area (Å²) in [5, 5.41) is 9.91. The first kappa shape index (κ1) is 11.8. The first-order chi connectivity index (χ1) is 7.55. The van der Waals surface area contributed by atoms with Gasteiger partial charge in [0.05, 0.1) is 5.60 Å².